The molecule has 2 rings (SSSR count). The zero-order valence-electron chi connectivity index (χ0n) is 16.6. The summed E-state index contributed by atoms with van der Waals surface area (Å²) in [6, 6.07) is 5.13. The summed E-state index contributed by atoms with van der Waals surface area (Å²) >= 11 is 0. The van der Waals surface area contributed by atoms with E-state index in [4.69, 9.17) is 9.47 Å². The van der Waals surface area contributed by atoms with Crippen LogP contribution in [0.1, 0.15) is 25.8 Å². The average Bonchev–Trinajstić information content (AvgIpc) is 3.02. The maximum atomic E-state index is 12.2. The molecule has 1 aromatic carbocycles. The molecule has 0 saturated carbocycles. The second-order valence-electron chi connectivity index (χ2n) is 6.63. The molecular weight excluding hydrogens is 384 g/mol. The van der Waals surface area contributed by atoms with Gasteiger partial charge < -0.3 is 19.7 Å². The van der Waals surface area contributed by atoms with Crippen LogP contribution in [-0.4, -0.2) is 69.5 Å². The van der Waals surface area contributed by atoms with E-state index >= 15 is 0 Å². The first-order valence-corrected chi connectivity index (χ1v) is 11.2. The van der Waals surface area contributed by atoms with E-state index in [0.29, 0.717) is 37.6 Å². The van der Waals surface area contributed by atoms with Crippen LogP contribution in [-0.2, 0) is 25.8 Å². The molecule has 0 spiro atoms. The molecule has 0 aromatic heterocycles. The first-order chi connectivity index (χ1) is 13.3. The van der Waals surface area contributed by atoms with Gasteiger partial charge in [-0.15, -0.1) is 0 Å². The third-order valence-corrected chi connectivity index (χ3v) is 6.33. The first-order valence-electron chi connectivity index (χ1n) is 9.41. The van der Waals surface area contributed by atoms with Gasteiger partial charge in [0.05, 0.1) is 24.7 Å². The van der Waals surface area contributed by atoms with Crippen molar-refractivity contribution in [2.24, 2.45) is 0 Å². The van der Waals surface area contributed by atoms with Crippen LogP contribution < -0.4 is 14.8 Å². The predicted molar refractivity (Wildman–Crippen MR) is 105 cm³/mol. The SMILES string of the molecule is CCOc1ccc(CCNC(=O)C(=O)N(C)C2CCS(=O)(=O)C2)cc1OCC. The number of nitrogens with zero attached hydrogens (tertiary/aromatic N) is 1. The average molecular weight is 413 g/mol. The highest BCUT2D eigenvalue weighted by Crippen LogP contribution is 2.28. The summed E-state index contributed by atoms with van der Waals surface area (Å²) in [6.45, 7) is 5.11. The normalized spacial score (nSPS) is 17.8. The van der Waals surface area contributed by atoms with Crippen molar-refractivity contribution in [2.45, 2.75) is 32.7 Å². The van der Waals surface area contributed by atoms with E-state index in [9.17, 15) is 18.0 Å². The number of rotatable bonds is 8. The summed E-state index contributed by atoms with van der Waals surface area (Å²) in [4.78, 5) is 25.6. The zero-order chi connectivity index (χ0) is 20.7. The Morgan fingerprint density at radius 2 is 1.86 bits per heavy atom. The van der Waals surface area contributed by atoms with Gasteiger partial charge in [0.25, 0.3) is 0 Å². The van der Waals surface area contributed by atoms with Crippen LogP contribution in [0.3, 0.4) is 0 Å². The number of nitrogens with one attached hydrogen (secondary N) is 1. The lowest BCUT2D eigenvalue weighted by Gasteiger charge is -2.22. The Hall–Kier alpha value is -2.29. The Labute approximate surface area is 166 Å². The molecule has 1 aliphatic rings. The topological polar surface area (TPSA) is 102 Å². The van der Waals surface area contributed by atoms with Crippen LogP contribution in [0.5, 0.6) is 11.5 Å². The molecule has 1 saturated heterocycles. The molecule has 9 heteroatoms. The fourth-order valence-electron chi connectivity index (χ4n) is 3.05. The van der Waals surface area contributed by atoms with Crippen molar-refractivity contribution in [3.63, 3.8) is 0 Å². The molecule has 156 valence electrons. The van der Waals surface area contributed by atoms with Crippen molar-refractivity contribution < 1.29 is 27.5 Å². The Morgan fingerprint density at radius 1 is 1.18 bits per heavy atom. The standard InChI is InChI=1S/C19H28N2O6S/c1-4-26-16-7-6-14(12-17(16)27-5-2)8-10-20-18(22)19(23)21(3)15-9-11-28(24,25)13-15/h6-7,12,15H,4-5,8-11,13H2,1-3H3,(H,20,22). The molecule has 1 unspecified atom stereocenters. The van der Waals surface area contributed by atoms with E-state index in [1.165, 1.54) is 11.9 Å². The number of ether oxygens (including phenoxy) is 2. The van der Waals surface area contributed by atoms with Crippen LogP contribution in [0.4, 0.5) is 0 Å². The summed E-state index contributed by atoms with van der Waals surface area (Å²) in [7, 11) is -1.65. The monoisotopic (exact) mass is 412 g/mol. The minimum Gasteiger partial charge on any atom is -0.490 e. The molecule has 1 N–H and O–H groups in total. The van der Waals surface area contributed by atoms with Crippen molar-refractivity contribution in [3.8, 4) is 11.5 Å². The van der Waals surface area contributed by atoms with E-state index in [1.807, 2.05) is 32.0 Å². The Balaban J connectivity index is 1.87. The molecule has 0 bridgehead atoms. The molecule has 1 aliphatic heterocycles. The number of carbonyl (C=O) groups is 2. The number of sulfone groups is 1. The van der Waals surface area contributed by atoms with Crippen LogP contribution in [0.15, 0.2) is 18.2 Å². The number of hydrogen-bond acceptors (Lipinski definition) is 6. The summed E-state index contributed by atoms with van der Waals surface area (Å²) in [6.07, 6.45) is 0.886. The second-order valence-corrected chi connectivity index (χ2v) is 8.85. The zero-order valence-corrected chi connectivity index (χ0v) is 17.4. The van der Waals surface area contributed by atoms with Gasteiger partial charge in [-0.05, 0) is 44.4 Å². The highest BCUT2D eigenvalue weighted by Gasteiger charge is 2.34. The fourth-order valence-corrected chi connectivity index (χ4v) is 4.83. The van der Waals surface area contributed by atoms with Crippen LogP contribution >= 0.6 is 0 Å². The van der Waals surface area contributed by atoms with Gasteiger partial charge in [-0.2, -0.15) is 0 Å². The van der Waals surface area contributed by atoms with E-state index in [2.05, 4.69) is 5.32 Å². The maximum absolute atomic E-state index is 12.2. The molecule has 2 amide bonds. The van der Waals surface area contributed by atoms with Gasteiger partial charge >= 0.3 is 11.8 Å². The number of benzene rings is 1. The van der Waals surface area contributed by atoms with E-state index in [1.54, 1.807) is 0 Å². The summed E-state index contributed by atoms with van der Waals surface area (Å²) in [5.74, 6) is -0.176. The second kappa shape index (κ2) is 9.77. The Kier molecular flexibility index (Phi) is 7.68. The number of carbonyl (C=O) groups excluding carboxylic acids is 2. The molecule has 1 aromatic rings. The van der Waals surface area contributed by atoms with E-state index < -0.39 is 27.7 Å². The van der Waals surface area contributed by atoms with Gasteiger partial charge in [-0.25, -0.2) is 8.42 Å². The van der Waals surface area contributed by atoms with Crippen molar-refractivity contribution in [3.05, 3.63) is 23.8 Å². The lowest BCUT2D eigenvalue weighted by molar-refractivity contribution is -0.146. The van der Waals surface area contributed by atoms with Gasteiger partial charge in [0.15, 0.2) is 21.3 Å². The molecule has 0 radical (unpaired) electrons. The molecule has 1 heterocycles. The number of likely N-dealkylation sites (N-methyl/N-ethyl adjacent to an activating group) is 1. The van der Waals surface area contributed by atoms with Crippen molar-refractivity contribution in [1.29, 1.82) is 0 Å². The number of hydrogen-bond donors (Lipinski definition) is 1. The summed E-state index contributed by atoms with van der Waals surface area (Å²) in [5, 5.41) is 2.60. The third kappa shape index (κ3) is 5.85. The molecule has 8 nitrogen and oxygen atoms in total. The first kappa shape index (κ1) is 22.0. The highest BCUT2D eigenvalue weighted by molar-refractivity contribution is 7.91. The summed E-state index contributed by atoms with van der Waals surface area (Å²) < 4.78 is 34.2. The van der Waals surface area contributed by atoms with Gasteiger partial charge in [0.1, 0.15) is 0 Å². The predicted octanol–water partition coefficient (Wildman–Crippen LogP) is 0.788. The van der Waals surface area contributed by atoms with E-state index in [0.717, 1.165) is 5.56 Å². The molecule has 0 aliphatic carbocycles. The van der Waals surface area contributed by atoms with Gasteiger partial charge in [-0.3, -0.25) is 9.59 Å². The molecule has 1 fully saturated rings. The van der Waals surface area contributed by atoms with Gasteiger partial charge in [-0.1, -0.05) is 6.07 Å². The Bertz CT molecular complexity index is 809. The molecule has 28 heavy (non-hydrogen) atoms. The lowest BCUT2D eigenvalue weighted by Crippen LogP contribution is -2.46. The molecular formula is C19H28N2O6S. The fraction of sp³-hybridized carbons (Fsp3) is 0.579. The van der Waals surface area contributed by atoms with Crippen LogP contribution in [0, 0.1) is 0 Å². The smallest absolute Gasteiger partial charge is 0.311 e. The number of amides is 2. The maximum Gasteiger partial charge on any atom is 0.311 e. The van der Waals surface area contributed by atoms with Gasteiger partial charge in [0.2, 0.25) is 0 Å². The largest absolute Gasteiger partial charge is 0.490 e. The quantitative estimate of drug-likeness (QED) is 0.634. The van der Waals surface area contributed by atoms with Crippen molar-refractivity contribution >= 4 is 21.7 Å². The Morgan fingerprint density at radius 3 is 2.46 bits per heavy atom. The third-order valence-electron chi connectivity index (χ3n) is 4.58. The van der Waals surface area contributed by atoms with Crippen LogP contribution in [0.2, 0.25) is 0 Å². The summed E-state index contributed by atoms with van der Waals surface area (Å²) in [5.41, 5.74) is 0.940. The minimum atomic E-state index is -3.12. The minimum absolute atomic E-state index is 0.0524. The van der Waals surface area contributed by atoms with Crippen LogP contribution in [0.25, 0.3) is 0 Å². The van der Waals surface area contributed by atoms with E-state index in [-0.39, 0.29) is 18.1 Å². The van der Waals surface area contributed by atoms with Gasteiger partial charge in [0, 0.05) is 19.6 Å². The molecule has 1 atom stereocenters. The highest BCUT2D eigenvalue weighted by atomic mass is 32.2. The van der Waals surface area contributed by atoms with Crippen molar-refractivity contribution in [1.82, 2.24) is 10.2 Å². The lowest BCUT2D eigenvalue weighted by atomic mass is 10.1. The van der Waals surface area contributed by atoms with Crippen molar-refractivity contribution in [2.75, 3.05) is 38.3 Å².